The van der Waals surface area contributed by atoms with Gasteiger partial charge in [0.1, 0.15) is 23.7 Å². The van der Waals surface area contributed by atoms with Gasteiger partial charge in [-0.1, -0.05) is 0 Å². The predicted molar refractivity (Wildman–Crippen MR) is 97.7 cm³/mol. The third kappa shape index (κ3) is 4.35. The van der Waals surface area contributed by atoms with Gasteiger partial charge in [0, 0.05) is 51.6 Å². The molecule has 0 saturated carbocycles. The average Bonchev–Trinajstić information content (AvgIpc) is 3.09. The zero-order valence-electron chi connectivity index (χ0n) is 15.4. The van der Waals surface area contributed by atoms with Gasteiger partial charge in [-0.3, -0.25) is 4.79 Å². The lowest BCUT2D eigenvalue weighted by molar-refractivity contribution is -0.121. The fraction of sp³-hybridized carbons (Fsp3) is 0.737. The van der Waals surface area contributed by atoms with Crippen LogP contribution in [-0.4, -0.2) is 78.9 Å². The molecule has 1 N–H and O–H groups in total. The molecule has 0 unspecified atom stereocenters. The van der Waals surface area contributed by atoms with E-state index in [1.165, 1.54) is 0 Å². The third-order valence-corrected chi connectivity index (χ3v) is 5.70. The number of nitriles is 2. The van der Waals surface area contributed by atoms with E-state index in [1.54, 1.807) is 0 Å². The molecule has 0 bridgehead atoms. The van der Waals surface area contributed by atoms with Gasteiger partial charge in [-0.15, -0.1) is 0 Å². The summed E-state index contributed by atoms with van der Waals surface area (Å²) >= 11 is 0. The Morgan fingerprint density at radius 3 is 2.38 bits per heavy atom. The molecule has 3 saturated heterocycles. The van der Waals surface area contributed by atoms with E-state index in [9.17, 15) is 15.3 Å². The Morgan fingerprint density at radius 1 is 1.04 bits per heavy atom. The molecule has 0 aromatic carbocycles. The van der Waals surface area contributed by atoms with Gasteiger partial charge in [-0.25, -0.2) is 0 Å². The predicted octanol–water partition coefficient (Wildman–Crippen LogP) is 0.670. The average molecular weight is 356 g/mol. The maximum Gasteiger partial charge on any atom is 0.169 e. The molecule has 0 aromatic heterocycles. The van der Waals surface area contributed by atoms with Crippen LogP contribution in [0.15, 0.2) is 11.4 Å². The fourth-order valence-corrected chi connectivity index (χ4v) is 4.25. The molecule has 26 heavy (non-hydrogen) atoms. The van der Waals surface area contributed by atoms with Gasteiger partial charge < -0.3 is 20.0 Å². The van der Waals surface area contributed by atoms with Crippen LogP contribution < -0.4 is 5.32 Å². The first-order valence-corrected chi connectivity index (χ1v) is 9.73. The Bertz CT molecular complexity index is 599. The number of hydrogen-bond donors (Lipinski definition) is 1. The zero-order valence-corrected chi connectivity index (χ0v) is 15.4. The summed E-state index contributed by atoms with van der Waals surface area (Å²) in [5.41, 5.74) is 0.240. The van der Waals surface area contributed by atoms with Crippen molar-refractivity contribution in [1.29, 1.82) is 10.5 Å². The van der Waals surface area contributed by atoms with Gasteiger partial charge in [0.05, 0.1) is 0 Å². The number of carbonyl (C=O) groups is 1. The van der Waals surface area contributed by atoms with E-state index in [2.05, 4.69) is 32.2 Å². The second-order valence-electron chi connectivity index (χ2n) is 7.32. The third-order valence-electron chi connectivity index (χ3n) is 5.70. The molecule has 0 aromatic rings. The number of carbonyl (C=O) groups excluding carboxylic acids is 1. The van der Waals surface area contributed by atoms with Gasteiger partial charge in [0.15, 0.2) is 5.57 Å². The second-order valence-corrected chi connectivity index (χ2v) is 7.32. The topological polar surface area (TPSA) is 86.4 Å². The summed E-state index contributed by atoms with van der Waals surface area (Å²) in [4.78, 5) is 18.2. The van der Waals surface area contributed by atoms with Gasteiger partial charge in [-0.05, 0) is 38.9 Å². The monoisotopic (exact) mass is 356 g/mol. The summed E-state index contributed by atoms with van der Waals surface area (Å²) in [7, 11) is 0. The van der Waals surface area contributed by atoms with Crippen molar-refractivity contribution in [2.75, 3.05) is 52.4 Å². The summed E-state index contributed by atoms with van der Waals surface area (Å²) < 4.78 is 0. The maximum atomic E-state index is 11.3. The number of nitrogens with one attached hydrogen (secondary N) is 1. The number of likely N-dealkylation sites (tertiary alicyclic amines) is 1. The highest BCUT2D eigenvalue weighted by Crippen LogP contribution is 2.28. The molecule has 3 heterocycles. The van der Waals surface area contributed by atoms with Crippen LogP contribution in [0, 0.1) is 22.7 Å². The summed E-state index contributed by atoms with van der Waals surface area (Å²) in [6.07, 6.45) is 4.45. The van der Waals surface area contributed by atoms with Crippen LogP contribution in [0.3, 0.4) is 0 Å². The van der Waals surface area contributed by atoms with E-state index in [0.29, 0.717) is 24.7 Å². The van der Waals surface area contributed by atoms with Crippen LogP contribution in [-0.2, 0) is 4.79 Å². The van der Waals surface area contributed by atoms with Crippen molar-refractivity contribution >= 4 is 5.78 Å². The van der Waals surface area contributed by atoms with Crippen LogP contribution in [0.4, 0.5) is 0 Å². The van der Waals surface area contributed by atoms with Crippen LogP contribution in [0.25, 0.3) is 0 Å². The molecule has 140 valence electrons. The van der Waals surface area contributed by atoms with E-state index in [0.717, 1.165) is 77.4 Å². The Kier molecular flexibility index (Phi) is 6.49. The Hall–Kier alpha value is -2.09. The summed E-state index contributed by atoms with van der Waals surface area (Å²) in [5.74, 6) is 1.21. The molecule has 3 fully saturated rings. The molecular weight excluding hydrogens is 328 g/mol. The minimum atomic E-state index is 0.240. The number of Topliss-reactive ketones (excluding diaryl/α,β-unsaturated/α-hetero) is 1. The standard InChI is InChI=1S/C19H28N6O/c20-14-16(15-21)19-24(9-1-8-23-10-4-18(26)5-11-23)12-13-25(19)17-2-6-22-7-3-17/h17,22H,1-13H2. The van der Waals surface area contributed by atoms with Gasteiger partial charge in [0.25, 0.3) is 0 Å². The van der Waals surface area contributed by atoms with Crippen molar-refractivity contribution in [2.24, 2.45) is 0 Å². The molecule has 0 spiro atoms. The van der Waals surface area contributed by atoms with E-state index < -0.39 is 0 Å². The summed E-state index contributed by atoms with van der Waals surface area (Å²) in [6.45, 7) is 7.32. The number of rotatable bonds is 5. The van der Waals surface area contributed by atoms with Gasteiger partial charge >= 0.3 is 0 Å². The fourth-order valence-electron chi connectivity index (χ4n) is 4.25. The van der Waals surface area contributed by atoms with E-state index >= 15 is 0 Å². The first kappa shape index (κ1) is 18.7. The molecule has 0 atom stereocenters. The zero-order chi connectivity index (χ0) is 18.4. The van der Waals surface area contributed by atoms with Crippen LogP contribution in [0.2, 0.25) is 0 Å². The number of allylic oxidation sites excluding steroid dienone is 1. The number of piperidine rings is 2. The molecule has 3 aliphatic rings. The largest absolute Gasteiger partial charge is 0.355 e. The normalized spacial score (nSPS) is 22.4. The first-order chi connectivity index (χ1) is 12.7. The minimum Gasteiger partial charge on any atom is -0.355 e. The lowest BCUT2D eigenvalue weighted by atomic mass is 10.0. The molecule has 0 amide bonds. The Balaban J connectivity index is 1.61. The minimum absolute atomic E-state index is 0.240. The number of hydrogen-bond acceptors (Lipinski definition) is 7. The number of ketones is 1. The van der Waals surface area contributed by atoms with E-state index in [4.69, 9.17) is 0 Å². The van der Waals surface area contributed by atoms with Crippen molar-refractivity contribution < 1.29 is 4.79 Å². The SMILES string of the molecule is N#CC(C#N)=C1N(CCCN2CCC(=O)CC2)CCN1C1CCNCC1. The molecule has 0 aliphatic carbocycles. The molecule has 7 heteroatoms. The highest BCUT2D eigenvalue weighted by molar-refractivity contribution is 5.79. The summed E-state index contributed by atoms with van der Waals surface area (Å²) in [5, 5.41) is 22.3. The van der Waals surface area contributed by atoms with Crippen LogP contribution in [0.1, 0.15) is 32.1 Å². The number of nitrogens with zero attached hydrogens (tertiary/aromatic N) is 5. The van der Waals surface area contributed by atoms with Crippen LogP contribution in [0.5, 0.6) is 0 Å². The van der Waals surface area contributed by atoms with Gasteiger partial charge in [-0.2, -0.15) is 10.5 Å². The van der Waals surface area contributed by atoms with Crippen molar-refractivity contribution in [3.63, 3.8) is 0 Å². The van der Waals surface area contributed by atoms with E-state index in [1.807, 2.05) is 0 Å². The van der Waals surface area contributed by atoms with Crippen molar-refractivity contribution in [1.82, 2.24) is 20.0 Å². The summed E-state index contributed by atoms with van der Waals surface area (Å²) in [6, 6.07) is 4.64. The molecule has 3 aliphatic heterocycles. The quantitative estimate of drug-likeness (QED) is 0.725. The van der Waals surface area contributed by atoms with Crippen LogP contribution >= 0.6 is 0 Å². The first-order valence-electron chi connectivity index (χ1n) is 9.73. The molecular formula is C19H28N6O. The molecule has 3 rings (SSSR count). The highest BCUT2D eigenvalue weighted by atomic mass is 16.1. The van der Waals surface area contributed by atoms with Crippen molar-refractivity contribution in [3.8, 4) is 12.1 Å². The van der Waals surface area contributed by atoms with Gasteiger partial charge in [0.2, 0.25) is 0 Å². The van der Waals surface area contributed by atoms with E-state index in [-0.39, 0.29) is 5.57 Å². The Morgan fingerprint density at radius 2 is 1.73 bits per heavy atom. The maximum absolute atomic E-state index is 11.3. The smallest absolute Gasteiger partial charge is 0.169 e. The lowest BCUT2D eigenvalue weighted by Crippen LogP contribution is -2.42. The highest BCUT2D eigenvalue weighted by Gasteiger charge is 2.33. The van der Waals surface area contributed by atoms with Crippen molar-refractivity contribution in [2.45, 2.75) is 38.1 Å². The second kappa shape index (κ2) is 9.02. The lowest BCUT2D eigenvalue weighted by Gasteiger charge is -2.35. The van der Waals surface area contributed by atoms with Crippen molar-refractivity contribution in [3.05, 3.63) is 11.4 Å². The Labute approximate surface area is 155 Å². The molecule has 7 nitrogen and oxygen atoms in total. The molecule has 0 radical (unpaired) electrons.